The van der Waals surface area contributed by atoms with Gasteiger partial charge in [0.05, 0.1) is 18.8 Å². The van der Waals surface area contributed by atoms with Crippen molar-refractivity contribution in [3.8, 4) is 0 Å². The first-order chi connectivity index (χ1) is 6.89. The first-order valence-corrected chi connectivity index (χ1v) is 4.74. The minimum absolute atomic E-state index is 0.0127. The molecule has 0 unspecified atom stereocenters. The van der Waals surface area contributed by atoms with Crippen LogP contribution in [0.2, 0.25) is 5.15 Å². The second kappa shape index (κ2) is 4.44. The van der Waals surface area contributed by atoms with Gasteiger partial charge in [0.25, 0.3) is 0 Å². The third-order valence-electron chi connectivity index (χ3n) is 1.66. The summed E-state index contributed by atoms with van der Waals surface area (Å²) >= 11 is 5.65. The lowest BCUT2D eigenvalue weighted by Crippen LogP contribution is -2.34. The Labute approximate surface area is 92.5 Å². The molecular formula is C9H12ClN3O2. The fourth-order valence-electron chi connectivity index (χ4n) is 1.17. The molecule has 15 heavy (non-hydrogen) atoms. The number of nitrogens with one attached hydrogen (secondary N) is 1. The summed E-state index contributed by atoms with van der Waals surface area (Å²) in [4.78, 5) is 18.4. The lowest BCUT2D eigenvalue weighted by atomic mass is 10.0. The molecule has 0 aliphatic rings. The van der Waals surface area contributed by atoms with E-state index in [1.807, 2.05) is 0 Å². The Kier molecular flexibility index (Phi) is 3.47. The van der Waals surface area contributed by atoms with Gasteiger partial charge in [0.2, 0.25) is 0 Å². The number of rotatable bonds is 4. The molecule has 2 N–H and O–H groups in total. The molecule has 1 aromatic rings. The highest BCUT2D eigenvalue weighted by molar-refractivity contribution is 6.29. The van der Waals surface area contributed by atoms with E-state index in [0.29, 0.717) is 5.82 Å². The molecular weight excluding hydrogens is 218 g/mol. The van der Waals surface area contributed by atoms with Gasteiger partial charge in [0, 0.05) is 5.54 Å². The molecule has 5 nitrogen and oxygen atoms in total. The molecule has 0 aliphatic carbocycles. The van der Waals surface area contributed by atoms with Crippen LogP contribution in [0.25, 0.3) is 0 Å². The largest absolute Gasteiger partial charge is 0.481 e. The Morgan fingerprint density at radius 1 is 1.60 bits per heavy atom. The summed E-state index contributed by atoms with van der Waals surface area (Å²) in [6, 6.07) is 0. The SMILES string of the molecule is CC(C)(CC(=O)O)Nc1cncc(Cl)n1. The summed E-state index contributed by atoms with van der Waals surface area (Å²) in [5.74, 6) is -0.406. The Hall–Kier alpha value is -1.36. The third kappa shape index (κ3) is 4.12. The van der Waals surface area contributed by atoms with Gasteiger partial charge in [-0.15, -0.1) is 0 Å². The maximum Gasteiger partial charge on any atom is 0.305 e. The molecule has 1 heterocycles. The maximum absolute atomic E-state index is 10.6. The van der Waals surface area contributed by atoms with Gasteiger partial charge in [-0.25, -0.2) is 4.98 Å². The van der Waals surface area contributed by atoms with E-state index in [-0.39, 0.29) is 11.6 Å². The molecule has 0 radical (unpaired) electrons. The van der Waals surface area contributed by atoms with Crippen LogP contribution in [0.3, 0.4) is 0 Å². The number of carboxylic acids is 1. The van der Waals surface area contributed by atoms with Gasteiger partial charge in [0.15, 0.2) is 0 Å². The van der Waals surface area contributed by atoms with Crippen LogP contribution in [0, 0.1) is 0 Å². The molecule has 6 heteroatoms. The molecule has 0 amide bonds. The summed E-state index contributed by atoms with van der Waals surface area (Å²) in [6.45, 7) is 3.54. The Bertz CT molecular complexity index is 368. The molecule has 82 valence electrons. The number of hydrogen-bond acceptors (Lipinski definition) is 4. The highest BCUT2D eigenvalue weighted by Crippen LogP contribution is 2.16. The van der Waals surface area contributed by atoms with Crippen molar-refractivity contribution in [2.24, 2.45) is 0 Å². The highest BCUT2D eigenvalue weighted by atomic mass is 35.5. The number of nitrogens with zero attached hydrogens (tertiary/aromatic N) is 2. The summed E-state index contributed by atoms with van der Waals surface area (Å²) < 4.78 is 0. The van der Waals surface area contributed by atoms with Gasteiger partial charge in [-0.2, -0.15) is 0 Å². The number of aliphatic carboxylic acids is 1. The molecule has 1 rings (SSSR count). The van der Waals surface area contributed by atoms with Crippen LogP contribution in [-0.2, 0) is 4.79 Å². The molecule has 0 fully saturated rings. The van der Waals surface area contributed by atoms with Crippen LogP contribution in [0.4, 0.5) is 5.82 Å². The van der Waals surface area contributed by atoms with Crippen LogP contribution in [-0.4, -0.2) is 26.6 Å². The number of carbonyl (C=O) groups is 1. The van der Waals surface area contributed by atoms with E-state index < -0.39 is 11.5 Å². The third-order valence-corrected chi connectivity index (χ3v) is 1.85. The summed E-state index contributed by atoms with van der Waals surface area (Å²) in [5, 5.41) is 11.9. The van der Waals surface area contributed by atoms with Crippen LogP contribution >= 0.6 is 11.6 Å². The fraction of sp³-hybridized carbons (Fsp3) is 0.444. The van der Waals surface area contributed by atoms with E-state index >= 15 is 0 Å². The Morgan fingerprint density at radius 3 is 2.80 bits per heavy atom. The van der Waals surface area contributed by atoms with Gasteiger partial charge >= 0.3 is 5.97 Å². The smallest absolute Gasteiger partial charge is 0.305 e. The monoisotopic (exact) mass is 229 g/mol. The van der Waals surface area contributed by atoms with E-state index in [1.165, 1.54) is 12.4 Å². The zero-order valence-corrected chi connectivity index (χ0v) is 9.25. The van der Waals surface area contributed by atoms with Gasteiger partial charge in [-0.05, 0) is 13.8 Å². The Balaban J connectivity index is 2.72. The van der Waals surface area contributed by atoms with E-state index in [9.17, 15) is 4.79 Å². The van der Waals surface area contributed by atoms with Crippen molar-refractivity contribution in [1.82, 2.24) is 9.97 Å². The number of aromatic nitrogens is 2. The minimum Gasteiger partial charge on any atom is -0.481 e. The average molecular weight is 230 g/mol. The van der Waals surface area contributed by atoms with Crippen molar-refractivity contribution in [2.45, 2.75) is 25.8 Å². The molecule has 0 saturated carbocycles. The Morgan fingerprint density at radius 2 is 2.27 bits per heavy atom. The topological polar surface area (TPSA) is 75.1 Å². The number of anilines is 1. The maximum atomic E-state index is 10.6. The molecule has 0 atom stereocenters. The molecule has 0 aromatic carbocycles. The van der Waals surface area contributed by atoms with Gasteiger partial charge in [-0.3, -0.25) is 9.78 Å². The normalized spacial score (nSPS) is 11.1. The second-order valence-corrected chi connectivity index (χ2v) is 4.19. The second-order valence-electron chi connectivity index (χ2n) is 3.81. The van der Waals surface area contributed by atoms with Crippen molar-refractivity contribution in [1.29, 1.82) is 0 Å². The van der Waals surface area contributed by atoms with Crippen molar-refractivity contribution in [3.05, 3.63) is 17.5 Å². The number of halogens is 1. The lowest BCUT2D eigenvalue weighted by Gasteiger charge is -2.24. The summed E-state index contributed by atoms with van der Waals surface area (Å²) in [7, 11) is 0. The zero-order valence-electron chi connectivity index (χ0n) is 8.49. The van der Waals surface area contributed by atoms with Crippen LogP contribution < -0.4 is 5.32 Å². The fourth-order valence-corrected chi connectivity index (χ4v) is 1.32. The van der Waals surface area contributed by atoms with E-state index in [0.717, 1.165) is 0 Å². The van der Waals surface area contributed by atoms with Crippen molar-refractivity contribution >= 4 is 23.4 Å². The van der Waals surface area contributed by atoms with Crippen LogP contribution in [0.5, 0.6) is 0 Å². The molecule has 0 saturated heterocycles. The summed E-state index contributed by atoms with van der Waals surface area (Å²) in [6.07, 6.45) is 2.90. The minimum atomic E-state index is -0.873. The average Bonchev–Trinajstić information content (AvgIpc) is 1.99. The van der Waals surface area contributed by atoms with Crippen LogP contribution in [0.1, 0.15) is 20.3 Å². The molecule has 0 spiro atoms. The standard InChI is InChI=1S/C9H12ClN3O2/c1-9(2,3-8(14)15)13-7-5-11-4-6(10)12-7/h4-5H,3H2,1-2H3,(H,12,13)(H,14,15). The quantitative estimate of drug-likeness (QED) is 0.824. The van der Waals surface area contributed by atoms with Gasteiger partial charge in [-0.1, -0.05) is 11.6 Å². The predicted molar refractivity (Wildman–Crippen MR) is 57.0 cm³/mol. The predicted octanol–water partition coefficient (Wildman–Crippen LogP) is 1.80. The van der Waals surface area contributed by atoms with Crippen molar-refractivity contribution in [3.63, 3.8) is 0 Å². The van der Waals surface area contributed by atoms with Crippen LogP contribution in [0.15, 0.2) is 12.4 Å². The van der Waals surface area contributed by atoms with E-state index in [2.05, 4.69) is 15.3 Å². The number of carboxylic acid groups (broad SMARTS) is 1. The van der Waals surface area contributed by atoms with E-state index in [1.54, 1.807) is 13.8 Å². The zero-order chi connectivity index (χ0) is 11.5. The van der Waals surface area contributed by atoms with Crippen molar-refractivity contribution in [2.75, 3.05) is 5.32 Å². The van der Waals surface area contributed by atoms with Crippen molar-refractivity contribution < 1.29 is 9.90 Å². The van der Waals surface area contributed by atoms with Gasteiger partial charge in [0.1, 0.15) is 11.0 Å². The summed E-state index contributed by atoms with van der Waals surface area (Å²) in [5.41, 5.74) is -0.592. The first kappa shape index (κ1) is 11.7. The lowest BCUT2D eigenvalue weighted by molar-refractivity contribution is -0.137. The molecule has 0 bridgehead atoms. The first-order valence-electron chi connectivity index (χ1n) is 4.36. The van der Waals surface area contributed by atoms with Gasteiger partial charge < -0.3 is 10.4 Å². The highest BCUT2D eigenvalue weighted by Gasteiger charge is 2.21. The van der Waals surface area contributed by atoms with E-state index in [4.69, 9.17) is 16.7 Å². The molecule has 1 aromatic heterocycles. The number of hydrogen-bond donors (Lipinski definition) is 2. The molecule has 0 aliphatic heterocycles.